The third kappa shape index (κ3) is 1.87. The highest BCUT2D eigenvalue weighted by Gasteiger charge is 2.56. The van der Waals surface area contributed by atoms with E-state index in [-0.39, 0.29) is 5.82 Å². The second kappa shape index (κ2) is 4.60. The van der Waals surface area contributed by atoms with Gasteiger partial charge in [0.25, 0.3) is 5.72 Å². The van der Waals surface area contributed by atoms with E-state index < -0.39 is 36.3 Å². The Bertz CT molecular complexity index is 582. The van der Waals surface area contributed by atoms with Crippen LogP contribution in [0.15, 0.2) is 17.1 Å². The Balaban J connectivity index is 2.56. The van der Waals surface area contributed by atoms with Crippen molar-refractivity contribution in [3.8, 4) is 6.07 Å². The Labute approximate surface area is 107 Å². The number of aliphatic hydroxyl groups excluding tert-OH is 3. The van der Waals surface area contributed by atoms with Gasteiger partial charge < -0.3 is 25.8 Å². The van der Waals surface area contributed by atoms with Crippen LogP contribution in [-0.2, 0) is 10.5 Å². The van der Waals surface area contributed by atoms with Gasteiger partial charge in [0.1, 0.15) is 30.2 Å². The van der Waals surface area contributed by atoms with Crippen LogP contribution in [0.5, 0.6) is 0 Å². The molecular weight excluding hydrogens is 256 g/mol. The van der Waals surface area contributed by atoms with Crippen LogP contribution in [0, 0.1) is 11.3 Å². The molecule has 1 unspecified atom stereocenters. The highest BCUT2D eigenvalue weighted by molar-refractivity contribution is 5.25. The second-order valence-electron chi connectivity index (χ2n) is 4.09. The molecule has 2 heterocycles. The monoisotopic (exact) mass is 268 g/mol. The number of aliphatic hydroxyl groups is 3. The molecule has 0 saturated carbocycles. The molecule has 4 atom stereocenters. The van der Waals surface area contributed by atoms with Crippen LogP contribution in [0.1, 0.15) is 0 Å². The zero-order chi connectivity index (χ0) is 14.2. The fourth-order valence-corrected chi connectivity index (χ4v) is 1.96. The summed E-state index contributed by atoms with van der Waals surface area (Å²) in [6.45, 7) is -0.612. The number of aromatic nitrogens is 2. The minimum absolute atomic E-state index is 0.0546. The van der Waals surface area contributed by atoms with Crippen molar-refractivity contribution in [1.29, 1.82) is 5.26 Å². The number of nitrogens with two attached hydrogens (primary N) is 1. The smallest absolute Gasteiger partial charge is 0.352 e. The summed E-state index contributed by atoms with van der Waals surface area (Å²) in [6.07, 6.45) is -3.27. The lowest BCUT2D eigenvalue weighted by Gasteiger charge is -2.26. The van der Waals surface area contributed by atoms with Gasteiger partial charge in [-0.15, -0.1) is 0 Å². The number of nitrogens with zero attached hydrogens (tertiary/aromatic N) is 3. The van der Waals surface area contributed by atoms with Crippen LogP contribution < -0.4 is 11.4 Å². The molecular formula is C10H12N4O5. The number of nitrogen functional groups attached to an aromatic ring is 1. The van der Waals surface area contributed by atoms with E-state index in [0.29, 0.717) is 0 Å². The van der Waals surface area contributed by atoms with Crippen molar-refractivity contribution in [2.45, 2.75) is 24.0 Å². The van der Waals surface area contributed by atoms with Gasteiger partial charge in [0.05, 0.1) is 6.61 Å². The molecule has 19 heavy (non-hydrogen) atoms. The van der Waals surface area contributed by atoms with Gasteiger partial charge in [0.15, 0.2) is 0 Å². The summed E-state index contributed by atoms with van der Waals surface area (Å²) in [5, 5.41) is 37.8. The van der Waals surface area contributed by atoms with E-state index in [2.05, 4.69) is 4.98 Å². The van der Waals surface area contributed by atoms with Crippen molar-refractivity contribution in [3.05, 3.63) is 22.7 Å². The molecule has 5 N–H and O–H groups in total. The number of anilines is 1. The number of ether oxygens (including phenoxy) is 1. The summed E-state index contributed by atoms with van der Waals surface area (Å²) in [6, 6.07) is 2.88. The van der Waals surface area contributed by atoms with Crippen LogP contribution in [0.4, 0.5) is 5.82 Å². The molecule has 0 amide bonds. The van der Waals surface area contributed by atoms with Gasteiger partial charge in [-0.25, -0.2) is 4.79 Å². The fourth-order valence-electron chi connectivity index (χ4n) is 1.96. The first-order valence-electron chi connectivity index (χ1n) is 5.38. The van der Waals surface area contributed by atoms with Crippen molar-refractivity contribution in [3.63, 3.8) is 0 Å². The number of hydrogen-bond donors (Lipinski definition) is 4. The average Bonchev–Trinajstić information content (AvgIpc) is 2.64. The van der Waals surface area contributed by atoms with Gasteiger partial charge >= 0.3 is 5.69 Å². The first-order chi connectivity index (χ1) is 8.96. The van der Waals surface area contributed by atoms with Crippen LogP contribution in [0.3, 0.4) is 0 Å². The van der Waals surface area contributed by atoms with Crippen molar-refractivity contribution in [2.75, 3.05) is 12.3 Å². The number of hydrogen-bond acceptors (Lipinski definition) is 8. The lowest BCUT2D eigenvalue weighted by molar-refractivity contribution is -0.109. The highest BCUT2D eigenvalue weighted by Crippen LogP contribution is 2.34. The maximum Gasteiger partial charge on any atom is 0.352 e. The maximum atomic E-state index is 11.7. The van der Waals surface area contributed by atoms with Crippen LogP contribution >= 0.6 is 0 Å². The largest absolute Gasteiger partial charge is 0.394 e. The topological polar surface area (TPSA) is 155 Å². The van der Waals surface area contributed by atoms with Crippen molar-refractivity contribution in [1.82, 2.24) is 9.55 Å². The summed E-state index contributed by atoms with van der Waals surface area (Å²) in [5.74, 6) is -0.0546. The van der Waals surface area contributed by atoms with E-state index in [1.54, 1.807) is 6.07 Å². The highest BCUT2D eigenvalue weighted by atomic mass is 16.6. The first-order valence-corrected chi connectivity index (χ1v) is 5.38. The number of rotatable bonds is 2. The van der Waals surface area contributed by atoms with Gasteiger partial charge in [-0.1, -0.05) is 0 Å². The Hall–Kier alpha value is -1.99. The molecule has 0 aromatic carbocycles. The summed E-state index contributed by atoms with van der Waals surface area (Å²) < 4.78 is 5.88. The van der Waals surface area contributed by atoms with E-state index in [9.17, 15) is 20.3 Å². The van der Waals surface area contributed by atoms with Gasteiger partial charge in [0.2, 0.25) is 0 Å². The minimum Gasteiger partial charge on any atom is -0.394 e. The number of nitriles is 1. The SMILES string of the molecule is N#C[C@@]1(n2ccc(N)nc2=O)O[C@H](CO)C(O)[C@H]1O. The first kappa shape index (κ1) is 13.4. The Morgan fingerprint density at radius 3 is 2.79 bits per heavy atom. The van der Waals surface area contributed by atoms with E-state index >= 15 is 0 Å². The third-order valence-electron chi connectivity index (χ3n) is 2.96. The van der Waals surface area contributed by atoms with Crippen molar-refractivity contribution < 1.29 is 20.1 Å². The molecule has 0 bridgehead atoms. The molecule has 9 nitrogen and oxygen atoms in total. The average molecular weight is 268 g/mol. The van der Waals surface area contributed by atoms with Gasteiger partial charge in [-0.2, -0.15) is 10.2 Å². The molecule has 1 aliphatic heterocycles. The van der Waals surface area contributed by atoms with E-state index in [0.717, 1.165) is 10.8 Å². The molecule has 1 saturated heterocycles. The predicted octanol–water partition coefficient (Wildman–Crippen LogP) is -2.89. The predicted molar refractivity (Wildman–Crippen MR) is 60.5 cm³/mol. The molecule has 0 radical (unpaired) electrons. The van der Waals surface area contributed by atoms with E-state index in [4.69, 9.17) is 15.6 Å². The Kier molecular flexibility index (Phi) is 3.25. The zero-order valence-corrected chi connectivity index (χ0v) is 9.67. The van der Waals surface area contributed by atoms with Gasteiger partial charge in [0, 0.05) is 6.20 Å². The fraction of sp³-hybridized carbons (Fsp3) is 0.500. The molecule has 1 fully saturated rings. The molecule has 1 aromatic heterocycles. The molecule has 102 valence electrons. The van der Waals surface area contributed by atoms with E-state index in [1.165, 1.54) is 6.07 Å². The lowest BCUT2D eigenvalue weighted by atomic mass is 10.0. The summed E-state index contributed by atoms with van der Waals surface area (Å²) in [7, 11) is 0. The lowest BCUT2D eigenvalue weighted by Crippen LogP contribution is -2.49. The molecule has 2 rings (SSSR count). The summed E-state index contributed by atoms with van der Waals surface area (Å²) in [5.41, 5.74) is 2.27. The molecule has 0 spiro atoms. The maximum absolute atomic E-state index is 11.7. The Morgan fingerprint density at radius 2 is 2.32 bits per heavy atom. The molecule has 1 aliphatic rings. The van der Waals surface area contributed by atoms with Crippen molar-refractivity contribution >= 4 is 5.82 Å². The van der Waals surface area contributed by atoms with Gasteiger partial charge in [-0.05, 0) is 6.07 Å². The molecule has 0 aliphatic carbocycles. The summed E-state index contributed by atoms with van der Waals surface area (Å²) in [4.78, 5) is 15.1. The zero-order valence-electron chi connectivity index (χ0n) is 9.67. The second-order valence-corrected chi connectivity index (χ2v) is 4.09. The quantitative estimate of drug-likeness (QED) is 0.445. The van der Waals surface area contributed by atoms with Crippen LogP contribution in [-0.4, -0.2) is 49.8 Å². The third-order valence-corrected chi connectivity index (χ3v) is 2.96. The minimum atomic E-state index is -2.15. The Morgan fingerprint density at radius 1 is 1.63 bits per heavy atom. The van der Waals surface area contributed by atoms with Crippen LogP contribution in [0.2, 0.25) is 0 Å². The molecule has 9 heteroatoms. The summed E-state index contributed by atoms with van der Waals surface area (Å²) >= 11 is 0. The standard InChI is InChI=1S/C10H12N4O5/c11-4-10(8(17)7(16)5(3-15)19-10)14-2-1-6(12)13-9(14)18/h1-2,5,7-8,15-17H,3H2,(H2,12,13,18)/t5-,7?,8-,10-/m1/s1. The molecule has 1 aromatic rings. The van der Waals surface area contributed by atoms with Gasteiger partial charge in [-0.3, -0.25) is 4.57 Å². The normalized spacial score (nSPS) is 34.1. The van der Waals surface area contributed by atoms with Crippen LogP contribution in [0.25, 0.3) is 0 Å². The van der Waals surface area contributed by atoms with E-state index in [1.807, 2.05) is 0 Å². The van der Waals surface area contributed by atoms with Crippen molar-refractivity contribution in [2.24, 2.45) is 0 Å².